The van der Waals surface area contributed by atoms with Gasteiger partial charge in [0.05, 0.1) is 5.69 Å². The van der Waals surface area contributed by atoms with Crippen LogP contribution in [0.1, 0.15) is 22.3 Å². The summed E-state index contributed by atoms with van der Waals surface area (Å²) in [6.45, 7) is 8.62. The van der Waals surface area contributed by atoms with E-state index < -0.39 is 0 Å². The summed E-state index contributed by atoms with van der Waals surface area (Å²) in [6.07, 6.45) is 0. The van der Waals surface area contributed by atoms with Crippen molar-refractivity contribution in [3.8, 4) is 11.1 Å². The Labute approximate surface area is 175 Å². The fourth-order valence-electron chi connectivity index (χ4n) is 3.93. The first kappa shape index (κ1) is 18.8. The number of benzene rings is 4. The molecule has 0 atom stereocenters. The van der Waals surface area contributed by atoms with Gasteiger partial charge in [0.25, 0.3) is 0 Å². The minimum Gasteiger partial charge on any atom is -0.354 e. The van der Waals surface area contributed by atoms with Crippen LogP contribution in [0.5, 0.6) is 0 Å². The van der Waals surface area contributed by atoms with Crippen molar-refractivity contribution in [2.45, 2.75) is 27.7 Å². The molecule has 0 aliphatic heterocycles. The van der Waals surface area contributed by atoms with E-state index in [1.54, 1.807) is 0 Å². The van der Waals surface area contributed by atoms with E-state index in [-0.39, 0.29) is 0 Å². The molecule has 0 saturated heterocycles. The molecular formula is C26H24BrN. The number of aryl methyl sites for hydroxylation is 4. The molecule has 0 heterocycles. The second-order valence-electron chi connectivity index (χ2n) is 7.59. The molecular weight excluding hydrogens is 406 g/mol. The molecule has 1 N–H and O–H groups in total. The Hall–Kier alpha value is -2.58. The monoisotopic (exact) mass is 429 g/mol. The van der Waals surface area contributed by atoms with E-state index in [9.17, 15) is 0 Å². The number of hydrogen-bond donors (Lipinski definition) is 1. The molecule has 0 amide bonds. The van der Waals surface area contributed by atoms with Crippen molar-refractivity contribution in [1.29, 1.82) is 0 Å². The van der Waals surface area contributed by atoms with Crippen molar-refractivity contribution in [3.05, 3.63) is 93.5 Å². The first-order valence-electron chi connectivity index (χ1n) is 9.57. The van der Waals surface area contributed by atoms with E-state index in [1.165, 1.54) is 49.8 Å². The van der Waals surface area contributed by atoms with Gasteiger partial charge >= 0.3 is 0 Å². The lowest BCUT2D eigenvalue weighted by Crippen LogP contribution is -2.00. The van der Waals surface area contributed by atoms with Crippen LogP contribution in [0.15, 0.2) is 71.2 Å². The third-order valence-corrected chi connectivity index (χ3v) is 5.94. The van der Waals surface area contributed by atoms with Crippen molar-refractivity contribution >= 4 is 38.1 Å². The Bertz CT molecular complexity index is 1150. The molecule has 0 aromatic heterocycles. The van der Waals surface area contributed by atoms with Crippen LogP contribution in [-0.4, -0.2) is 0 Å². The molecule has 140 valence electrons. The topological polar surface area (TPSA) is 12.0 Å². The molecule has 2 heteroatoms. The van der Waals surface area contributed by atoms with Crippen LogP contribution in [0.2, 0.25) is 0 Å². The molecule has 4 aromatic rings. The third kappa shape index (κ3) is 3.45. The Kier molecular flexibility index (Phi) is 4.99. The molecule has 28 heavy (non-hydrogen) atoms. The van der Waals surface area contributed by atoms with E-state index in [0.717, 1.165) is 10.2 Å². The highest BCUT2D eigenvalue weighted by Gasteiger charge is 2.15. The summed E-state index contributed by atoms with van der Waals surface area (Å²) in [4.78, 5) is 0. The van der Waals surface area contributed by atoms with Crippen LogP contribution in [0, 0.1) is 27.7 Å². The molecule has 4 rings (SSSR count). The van der Waals surface area contributed by atoms with Gasteiger partial charge in [0.2, 0.25) is 0 Å². The molecule has 0 bridgehead atoms. The predicted molar refractivity (Wildman–Crippen MR) is 126 cm³/mol. The highest BCUT2D eigenvalue weighted by molar-refractivity contribution is 9.10. The standard InChI is InChI=1S/C26H24BrN/c1-16-9-11-20(12-10-16)23-15-24(27)21-7-5-6-8-22(21)26(23)28-25-18(3)13-17(2)14-19(25)4/h5-15,28H,1-4H3. The minimum absolute atomic E-state index is 1.11. The molecule has 0 aliphatic rings. The molecule has 0 aliphatic carbocycles. The number of hydrogen-bond acceptors (Lipinski definition) is 1. The first-order chi connectivity index (χ1) is 13.4. The minimum atomic E-state index is 1.11. The van der Waals surface area contributed by atoms with Gasteiger partial charge in [0.1, 0.15) is 0 Å². The molecule has 0 fully saturated rings. The van der Waals surface area contributed by atoms with Crippen molar-refractivity contribution < 1.29 is 0 Å². The van der Waals surface area contributed by atoms with Crippen LogP contribution in [0.3, 0.4) is 0 Å². The van der Waals surface area contributed by atoms with E-state index in [4.69, 9.17) is 0 Å². The fraction of sp³-hybridized carbons (Fsp3) is 0.154. The van der Waals surface area contributed by atoms with E-state index in [1.807, 2.05) is 0 Å². The van der Waals surface area contributed by atoms with Crippen molar-refractivity contribution in [2.24, 2.45) is 0 Å². The molecule has 1 nitrogen and oxygen atoms in total. The van der Waals surface area contributed by atoms with Crippen LogP contribution in [0.25, 0.3) is 21.9 Å². The maximum atomic E-state index is 3.80. The summed E-state index contributed by atoms with van der Waals surface area (Å²) < 4.78 is 1.11. The van der Waals surface area contributed by atoms with Crippen LogP contribution in [0.4, 0.5) is 11.4 Å². The molecule has 0 saturated carbocycles. The Morgan fingerprint density at radius 3 is 1.89 bits per heavy atom. The van der Waals surface area contributed by atoms with Gasteiger partial charge in [-0.2, -0.15) is 0 Å². The average Bonchev–Trinajstić information content (AvgIpc) is 2.66. The van der Waals surface area contributed by atoms with E-state index in [0.29, 0.717) is 0 Å². The summed E-state index contributed by atoms with van der Waals surface area (Å²) in [5.41, 5.74) is 9.83. The zero-order valence-corrected chi connectivity index (χ0v) is 18.3. The summed E-state index contributed by atoms with van der Waals surface area (Å²) >= 11 is 3.79. The van der Waals surface area contributed by atoms with Crippen molar-refractivity contribution in [1.82, 2.24) is 0 Å². The largest absolute Gasteiger partial charge is 0.354 e. The Morgan fingerprint density at radius 2 is 1.25 bits per heavy atom. The van der Waals surface area contributed by atoms with Gasteiger partial charge in [-0.05, 0) is 55.8 Å². The summed E-state index contributed by atoms with van der Waals surface area (Å²) in [6, 6.07) is 24.0. The van der Waals surface area contributed by atoms with Gasteiger partial charge in [-0.15, -0.1) is 0 Å². The van der Waals surface area contributed by atoms with Gasteiger partial charge in [0, 0.05) is 21.1 Å². The van der Waals surface area contributed by atoms with Gasteiger partial charge < -0.3 is 5.32 Å². The molecule has 0 radical (unpaired) electrons. The Balaban J connectivity index is 1.99. The predicted octanol–water partition coefficient (Wildman–Crippen LogP) is 8.25. The smallest absolute Gasteiger partial charge is 0.0544 e. The van der Waals surface area contributed by atoms with Crippen molar-refractivity contribution in [2.75, 3.05) is 5.32 Å². The zero-order chi connectivity index (χ0) is 19.8. The molecule has 0 unspecified atom stereocenters. The second kappa shape index (κ2) is 7.44. The summed E-state index contributed by atoms with van der Waals surface area (Å²) in [5, 5.41) is 6.22. The highest BCUT2D eigenvalue weighted by Crippen LogP contribution is 2.41. The van der Waals surface area contributed by atoms with Crippen LogP contribution >= 0.6 is 15.9 Å². The van der Waals surface area contributed by atoms with Gasteiger partial charge in [0.15, 0.2) is 0 Å². The fourth-order valence-corrected chi connectivity index (χ4v) is 4.50. The lowest BCUT2D eigenvalue weighted by atomic mass is 9.96. The molecule has 0 spiro atoms. The van der Waals surface area contributed by atoms with Gasteiger partial charge in [-0.1, -0.05) is 87.7 Å². The van der Waals surface area contributed by atoms with Gasteiger partial charge in [-0.3, -0.25) is 0 Å². The Morgan fingerprint density at radius 1 is 0.643 bits per heavy atom. The van der Waals surface area contributed by atoms with Gasteiger partial charge in [-0.25, -0.2) is 0 Å². The number of fused-ring (bicyclic) bond motifs is 1. The number of anilines is 2. The van der Waals surface area contributed by atoms with E-state index >= 15 is 0 Å². The summed E-state index contributed by atoms with van der Waals surface area (Å²) in [7, 11) is 0. The first-order valence-corrected chi connectivity index (χ1v) is 10.4. The highest BCUT2D eigenvalue weighted by atomic mass is 79.9. The maximum absolute atomic E-state index is 3.80. The van der Waals surface area contributed by atoms with Crippen molar-refractivity contribution in [3.63, 3.8) is 0 Å². The summed E-state index contributed by atoms with van der Waals surface area (Å²) in [5.74, 6) is 0. The van der Waals surface area contributed by atoms with Crippen LogP contribution in [-0.2, 0) is 0 Å². The van der Waals surface area contributed by atoms with E-state index in [2.05, 4.69) is 116 Å². The second-order valence-corrected chi connectivity index (χ2v) is 8.45. The zero-order valence-electron chi connectivity index (χ0n) is 16.7. The lowest BCUT2D eigenvalue weighted by molar-refractivity contribution is 1.31. The van der Waals surface area contributed by atoms with Crippen LogP contribution < -0.4 is 5.32 Å². The molecule has 4 aromatic carbocycles. The maximum Gasteiger partial charge on any atom is 0.0544 e. The number of halogens is 1. The third-order valence-electron chi connectivity index (χ3n) is 5.28. The number of rotatable bonds is 3. The quantitative estimate of drug-likeness (QED) is 0.345. The number of nitrogens with one attached hydrogen (secondary N) is 1. The SMILES string of the molecule is Cc1ccc(-c2cc(Br)c3ccccc3c2Nc2c(C)cc(C)cc2C)cc1. The normalized spacial score (nSPS) is 11.0. The average molecular weight is 430 g/mol. The lowest BCUT2D eigenvalue weighted by Gasteiger charge is -2.20.